The second-order valence-electron chi connectivity index (χ2n) is 10.3. The van der Waals surface area contributed by atoms with E-state index in [1.807, 2.05) is 36.4 Å². The number of halogens is 1. The van der Waals surface area contributed by atoms with Gasteiger partial charge in [-0.25, -0.2) is 0 Å². The molecule has 0 unspecified atom stereocenters. The standard InChI is InChI=1S/C31H26INO6/c1-16-14-24(35)28-23(29(16)36)15-22-19(26(28)20-4-2-3-5-25(20)39-13-12-34)10-11-21-27(22)31(38)33(30(21)37)18-8-6-17(32)7-9-18/h2-10,14,21-22,26-27,34H,11-13,15H2,1H3/t21-,22+,26+,27-/m0/s1. The van der Waals surface area contributed by atoms with Crippen LogP contribution in [0.3, 0.4) is 0 Å². The summed E-state index contributed by atoms with van der Waals surface area (Å²) in [6.07, 6.45) is 3.99. The van der Waals surface area contributed by atoms with E-state index in [0.29, 0.717) is 40.1 Å². The molecule has 6 rings (SSSR count). The Kier molecular flexibility index (Phi) is 6.63. The number of allylic oxidation sites excluding steroid dienone is 6. The fourth-order valence-corrected chi connectivity index (χ4v) is 6.95. The maximum Gasteiger partial charge on any atom is 0.238 e. The largest absolute Gasteiger partial charge is 0.491 e. The van der Waals surface area contributed by atoms with Crippen molar-refractivity contribution in [1.29, 1.82) is 0 Å². The zero-order chi connectivity index (χ0) is 27.4. The third-order valence-electron chi connectivity index (χ3n) is 8.23. The summed E-state index contributed by atoms with van der Waals surface area (Å²) < 4.78 is 6.85. The number of Topliss-reactive ketones (excluding diaryl/α,β-unsaturated/α-hetero) is 1. The van der Waals surface area contributed by atoms with E-state index >= 15 is 0 Å². The van der Waals surface area contributed by atoms with Gasteiger partial charge in [0.1, 0.15) is 12.4 Å². The number of ether oxygens (including phenoxy) is 1. The minimum absolute atomic E-state index is 0.0761. The average Bonchev–Trinajstić information content (AvgIpc) is 3.19. The Morgan fingerprint density at radius 3 is 2.49 bits per heavy atom. The summed E-state index contributed by atoms with van der Waals surface area (Å²) in [5, 5.41) is 9.37. The molecule has 2 amide bonds. The molecule has 0 radical (unpaired) electrons. The van der Waals surface area contributed by atoms with Crippen LogP contribution >= 0.6 is 22.6 Å². The molecule has 0 bridgehead atoms. The lowest BCUT2D eigenvalue weighted by Gasteiger charge is -2.42. The molecule has 0 aromatic heterocycles. The molecule has 3 aliphatic carbocycles. The van der Waals surface area contributed by atoms with Gasteiger partial charge in [0.15, 0.2) is 11.6 Å². The maximum atomic E-state index is 14.0. The third kappa shape index (κ3) is 4.12. The van der Waals surface area contributed by atoms with Gasteiger partial charge in [0.25, 0.3) is 0 Å². The summed E-state index contributed by atoms with van der Waals surface area (Å²) in [4.78, 5) is 55.7. The quantitative estimate of drug-likeness (QED) is 0.228. The fourth-order valence-electron chi connectivity index (χ4n) is 6.59. The van der Waals surface area contributed by atoms with Crippen LogP contribution in [0.5, 0.6) is 5.75 Å². The molecule has 4 atom stereocenters. The lowest BCUT2D eigenvalue weighted by atomic mass is 9.59. The molecule has 1 N–H and O–H groups in total. The SMILES string of the molecule is CC1=CC(=O)C2=C(C[C@@H]3C(=CC[C@@H]4C(=O)N(c5ccc(I)cc5)C(=O)[C@@H]43)[C@@H]2c2ccccc2OCCO)C1=O. The summed E-state index contributed by atoms with van der Waals surface area (Å²) in [5.41, 5.74) is 3.31. The molecule has 1 fully saturated rings. The van der Waals surface area contributed by atoms with Gasteiger partial charge in [-0.05, 0) is 84.7 Å². The monoisotopic (exact) mass is 635 g/mol. The van der Waals surface area contributed by atoms with Crippen molar-refractivity contribution < 1.29 is 29.0 Å². The van der Waals surface area contributed by atoms with Crippen molar-refractivity contribution in [3.8, 4) is 5.75 Å². The molecule has 8 heteroatoms. The van der Waals surface area contributed by atoms with Crippen LogP contribution in [0.2, 0.25) is 0 Å². The highest BCUT2D eigenvalue weighted by Gasteiger charge is 2.56. The van der Waals surface area contributed by atoms with Crippen molar-refractivity contribution in [2.75, 3.05) is 18.1 Å². The van der Waals surface area contributed by atoms with Crippen molar-refractivity contribution in [3.63, 3.8) is 0 Å². The van der Waals surface area contributed by atoms with Crippen LogP contribution in [0.15, 0.2) is 83.0 Å². The number of hydrogen-bond donors (Lipinski definition) is 1. The minimum atomic E-state index is -0.632. The van der Waals surface area contributed by atoms with Gasteiger partial charge in [0.05, 0.1) is 24.1 Å². The van der Waals surface area contributed by atoms with E-state index in [1.165, 1.54) is 11.0 Å². The van der Waals surface area contributed by atoms with Crippen LogP contribution in [0.1, 0.15) is 31.2 Å². The van der Waals surface area contributed by atoms with Crippen molar-refractivity contribution in [2.24, 2.45) is 17.8 Å². The first-order chi connectivity index (χ1) is 18.8. The lowest BCUT2D eigenvalue weighted by Crippen LogP contribution is -2.40. The summed E-state index contributed by atoms with van der Waals surface area (Å²) >= 11 is 2.18. The zero-order valence-corrected chi connectivity index (χ0v) is 23.4. The van der Waals surface area contributed by atoms with E-state index in [0.717, 1.165) is 9.14 Å². The van der Waals surface area contributed by atoms with Crippen LogP contribution in [0, 0.1) is 21.3 Å². The van der Waals surface area contributed by atoms with E-state index in [4.69, 9.17) is 4.74 Å². The Hall–Kier alpha value is -3.37. The Bertz CT molecular complexity index is 1520. The number of aliphatic hydroxyl groups is 1. The third-order valence-corrected chi connectivity index (χ3v) is 8.95. The molecular formula is C31H26INO6. The molecule has 7 nitrogen and oxygen atoms in total. The number of rotatable bonds is 5. The van der Waals surface area contributed by atoms with Crippen LogP contribution in [0.4, 0.5) is 5.69 Å². The van der Waals surface area contributed by atoms with E-state index < -0.39 is 23.7 Å². The van der Waals surface area contributed by atoms with Gasteiger partial charge in [0, 0.05) is 31.8 Å². The van der Waals surface area contributed by atoms with Crippen molar-refractivity contribution in [1.82, 2.24) is 0 Å². The van der Waals surface area contributed by atoms with E-state index in [-0.39, 0.29) is 43.0 Å². The number of benzene rings is 2. The first-order valence-electron chi connectivity index (χ1n) is 13.0. The summed E-state index contributed by atoms with van der Waals surface area (Å²) in [5.74, 6) is -2.57. The molecule has 0 saturated carbocycles. The number of imide groups is 1. The summed E-state index contributed by atoms with van der Waals surface area (Å²) in [6.45, 7) is 1.54. The van der Waals surface area contributed by atoms with E-state index in [9.17, 15) is 24.3 Å². The first kappa shape index (κ1) is 25.9. The smallest absolute Gasteiger partial charge is 0.238 e. The number of fused-ring (bicyclic) bond motifs is 3. The molecule has 1 heterocycles. The van der Waals surface area contributed by atoms with Crippen LogP contribution in [0.25, 0.3) is 0 Å². The van der Waals surface area contributed by atoms with Gasteiger partial charge in [-0.15, -0.1) is 0 Å². The number of carbonyl (C=O) groups is 4. The molecule has 4 aliphatic rings. The average molecular weight is 635 g/mol. The Morgan fingerprint density at radius 2 is 1.74 bits per heavy atom. The zero-order valence-electron chi connectivity index (χ0n) is 21.2. The predicted molar refractivity (Wildman–Crippen MR) is 152 cm³/mol. The fraction of sp³-hybridized carbons (Fsp3) is 0.290. The second-order valence-corrected chi connectivity index (χ2v) is 11.6. The maximum absolute atomic E-state index is 14.0. The molecule has 1 aliphatic heterocycles. The van der Waals surface area contributed by atoms with Crippen molar-refractivity contribution >= 4 is 51.7 Å². The van der Waals surface area contributed by atoms with Gasteiger partial charge in [0.2, 0.25) is 11.8 Å². The number of hydrogen-bond acceptors (Lipinski definition) is 6. The van der Waals surface area contributed by atoms with Crippen molar-refractivity contribution in [3.05, 3.63) is 92.1 Å². The van der Waals surface area contributed by atoms with Crippen LogP contribution in [-0.4, -0.2) is 41.7 Å². The van der Waals surface area contributed by atoms with Gasteiger partial charge < -0.3 is 9.84 Å². The van der Waals surface area contributed by atoms with E-state index in [2.05, 4.69) is 22.6 Å². The molecular weight excluding hydrogens is 609 g/mol. The number of aliphatic hydroxyl groups excluding tert-OH is 1. The van der Waals surface area contributed by atoms with E-state index in [1.54, 1.807) is 25.1 Å². The van der Waals surface area contributed by atoms with Crippen molar-refractivity contribution in [2.45, 2.75) is 25.7 Å². The van der Waals surface area contributed by atoms with Crippen LogP contribution < -0.4 is 9.64 Å². The molecule has 198 valence electrons. The Balaban J connectivity index is 1.48. The van der Waals surface area contributed by atoms with Gasteiger partial charge in [-0.1, -0.05) is 29.8 Å². The first-order valence-corrected chi connectivity index (χ1v) is 14.1. The molecule has 39 heavy (non-hydrogen) atoms. The predicted octanol–water partition coefficient (Wildman–Crippen LogP) is 4.30. The Morgan fingerprint density at radius 1 is 1.00 bits per heavy atom. The highest BCUT2D eigenvalue weighted by Crippen LogP contribution is 2.56. The summed E-state index contributed by atoms with van der Waals surface area (Å²) in [6, 6.07) is 14.6. The molecule has 0 spiro atoms. The highest BCUT2D eigenvalue weighted by molar-refractivity contribution is 14.1. The molecule has 2 aromatic rings. The summed E-state index contributed by atoms with van der Waals surface area (Å²) in [7, 11) is 0. The Labute approximate surface area is 239 Å². The molecule has 2 aromatic carbocycles. The number of ketones is 2. The topological polar surface area (TPSA) is 101 Å². The lowest BCUT2D eigenvalue weighted by molar-refractivity contribution is -0.123. The highest BCUT2D eigenvalue weighted by atomic mass is 127. The van der Waals surface area contributed by atoms with Crippen LogP contribution in [-0.2, 0) is 19.2 Å². The number of nitrogens with zero attached hydrogens (tertiary/aromatic N) is 1. The van der Waals surface area contributed by atoms with Gasteiger partial charge in [-0.3, -0.25) is 24.1 Å². The second kappa shape index (κ2) is 9.98. The van der Waals surface area contributed by atoms with Gasteiger partial charge in [-0.2, -0.15) is 0 Å². The number of amides is 2. The number of anilines is 1. The van der Waals surface area contributed by atoms with Gasteiger partial charge >= 0.3 is 0 Å². The number of carbonyl (C=O) groups excluding carboxylic acids is 4. The number of para-hydroxylation sites is 1. The molecule has 1 saturated heterocycles. The normalized spacial score (nSPS) is 26.2. The minimum Gasteiger partial charge on any atom is -0.491 e.